The molecule has 0 aliphatic heterocycles. The number of carboxylic acids is 4. The smallest absolute Gasteiger partial charge is 0.475 e. The number of hydrogen-bond acceptors (Lipinski definition) is 16. The zero-order valence-corrected chi connectivity index (χ0v) is 53.8. The average Bonchev–Trinajstić information content (AvgIpc) is 1.34. The molecule has 8 unspecified atom stereocenters. The topological polar surface area (TPSA) is 402 Å². The Balaban J connectivity index is -0.000000734. The van der Waals surface area contributed by atoms with E-state index in [-0.39, 0.29) is 46.8 Å². The summed E-state index contributed by atoms with van der Waals surface area (Å²) in [5.74, 6) is -12.3. The van der Waals surface area contributed by atoms with E-state index in [2.05, 4.69) is 13.8 Å². The van der Waals surface area contributed by atoms with Gasteiger partial charge in [-0.25, -0.2) is 19.2 Å². The van der Waals surface area contributed by atoms with Gasteiger partial charge in [0.05, 0.1) is 48.6 Å². The first-order chi connectivity index (χ1) is 42.2. The predicted molar refractivity (Wildman–Crippen MR) is 317 cm³/mol. The highest BCUT2D eigenvalue weighted by molar-refractivity contribution is 5.88. The van der Waals surface area contributed by atoms with Crippen molar-refractivity contribution in [1.29, 1.82) is 0 Å². The Bertz CT molecular complexity index is 1830. The number of rotatable bonds is 45. The van der Waals surface area contributed by atoms with Gasteiger partial charge in [-0.05, 0) is 79.1 Å². The number of aliphatic carboxylic acids is 4. The third-order valence-electron chi connectivity index (χ3n) is 14.9. The lowest BCUT2D eigenvalue weighted by atomic mass is 9.83. The lowest BCUT2D eigenvalue weighted by Gasteiger charge is -2.24. The normalized spacial score (nSPS) is 15.7. The number of aliphatic hydroxyl groups is 4. The van der Waals surface area contributed by atoms with Crippen molar-refractivity contribution in [3.63, 3.8) is 0 Å². The molecule has 32 heteroatoms. The summed E-state index contributed by atoms with van der Waals surface area (Å²) < 4.78 is 127. The quantitative estimate of drug-likeness (QED) is 0.0199. The van der Waals surface area contributed by atoms with Crippen molar-refractivity contribution in [2.24, 2.45) is 46.6 Å². The molecule has 0 bridgehead atoms. The molecule has 0 spiro atoms. The van der Waals surface area contributed by atoms with Crippen LogP contribution in [-0.4, -0.2) is 161 Å². The summed E-state index contributed by atoms with van der Waals surface area (Å²) in [5, 5.41) is 68.3. The zero-order valence-electron chi connectivity index (χ0n) is 53.8. The third-order valence-corrected chi connectivity index (χ3v) is 14.9. The molecular weight excluding hydrogens is 1260 g/mol. The summed E-state index contributed by atoms with van der Waals surface area (Å²) in [6.07, 6.45) is 5.53. The minimum Gasteiger partial charge on any atom is -0.475 e. The second-order valence-electron chi connectivity index (χ2n) is 23.1. The Kier molecular flexibility index (Phi) is 55.0. The van der Waals surface area contributed by atoms with E-state index in [1.165, 1.54) is 64.2 Å². The van der Waals surface area contributed by atoms with Crippen molar-refractivity contribution in [3.8, 4) is 0 Å². The predicted octanol–water partition coefficient (Wildman–Crippen LogP) is 10.8. The van der Waals surface area contributed by atoms with E-state index in [9.17, 15) is 92.3 Å². The maximum absolute atomic E-state index is 13.2. The molecule has 0 aliphatic rings. The maximum atomic E-state index is 13.2. The van der Waals surface area contributed by atoms with Crippen LogP contribution in [-0.2, 0) is 38.4 Å². The number of ketones is 4. The Morgan fingerprint density at radius 3 is 0.511 bits per heavy atom. The van der Waals surface area contributed by atoms with Gasteiger partial charge in [0, 0.05) is 23.7 Å². The van der Waals surface area contributed by atoms with Crippen LogP contribution in [0.15, 0.2) is 0 Å². The number of carboxylic acid groups (broad SMARTS) is 4. The number of alkyl halides is 12. The number of carbonyl (C=O) groups is 8. The summed E-state index contributed by atoms with van der Waals surface area (Å²) in [7, 11) is 0. The molecular formula is C60H106F12N4O16. The lowest BCUT2D eigenvalue weighted by molar-refractivity contribution is -0.193. The molecule has 20 nitrogen and oxygen atoms in total. The van der Waals surface area contributed by atoms with Crippen LogP contribution in [0.2, 0.25) is 0 Å². The number of unbranched alkanes of at least 4 members (excludes halogenated alkanes) is 17. The monoisotopic (exact) mass is 1370 g/mol. The molecule has 0 aromatic carbocycles. The van der Waals surface area contributed by atoms with Gasteiger partial charge in [-0.2, -0.15) is 52.7 Å². The number of carbonyl (C=O) groups excluding carboxylic acids is 4. The minimum atomic E-state index is -5.08. The van der Waals surface area contributed by atoms with Gasteiger partial charge in [0.2, 0.25) is 0 Å². The lowest BCUT2D eigenvalue weighted by Crippen LogP contribution is -2.44. The molecule has 546 valence electrons. The fraction of sp³-hybridized carbons (Fsp3) is 0.867. The van der Waals surface area contributed by atoms with Crippen LogP contribution in [0.3, 0.4) is 0 Å². The molecule has 0 aromatic heterocycles. The van der Waals surface area contributed by atoms with Crippen LogP contribution in [0, 0.1) is 23.7 Å². The van der Waals surface area contributed by atoms with E-state index in [1.807, 2.05) is 0 Å². The standard InChI is InChI=1S/C52H102N4O8.4C2HF3O2/c1-7-9-29-41(49(61)45(53)37(3)57)33-27-35-43(51(63)47(55)39(5)59)31-25-23-21-19-17-15-13-11-12-14-16-18-20-22-24-26-32-44(52(64)48(56)40(6)60)36-28-34-42(30-10-8-2)50(62)46(54)38(4)58;4*3-2(4,5)1(6)7/h37-48,57-60H,7-36,53-56H2,1-6H3;4*(H,6,7)/t37?,38?,39?,40?,41?,42?,43?,44?,45-,46-,47-,48-;;;;/m0..../s1. The van der Waals surface area contributed by atoms with Crippen molar-refractivity contribution in [2.45, 2.75) is 307 Å². The van der Waals surface area contributed by atoms with Crippen molar-refractivity contribution in [3.05, 3.63) is 0 Å². The number of hydrogen-bond donors (Lipinski definition) is 12. The fourth-order valence-corrected chi connectivity index (χ4v) is 9.13. The highest BCUT2D eigenvalue weighted by Crippen LogP contribution is 2.28. The Morgan fingerprint density at radius 1 is 0.272 bits per heavy atom. The van der Waals surface area contributed by atoms with Crippen LogP contribution in [0.1, 0.15) is 234 Å². The van der Waals surface area contributed by atoms with E-state index < -0.39 is 97.2 Å². The van der Waals surface area contributed by atoms with Crippen molar-refractivity contribution >= 4 is 47.0 Å². The Labute approximate surface area is 531 Å². The molecule has 0 aromatic rings. The van der Waals surface area contributed by atoms with Crippen molar-refractivity contribution in [2.75, 3.05) is 0 Å². The van der Waals surface area contributed by atoms with Gasteiger partial charge in [0.1, 0.15) is 0 Å². The molecule has 12 atom stereocenters. The van der Waals surface area contributed by atoms with Crippen LogP contribution in [0.5, 0.6) is 0 Å². The molecule has 0 amide bonds. The molecule has 0 fully saturated rings. The number of nitrogens with two attached hydrogens (primary N) is 4. The third kappa shape index (κ3) is 51.8. The molecule has 0 aliphatic carbocycles. The van der Waals surface area contributed by atoms with Gasteiger partial charge in [-0.1, -0.05) is 155 Å². The number of aliphatic hydroxyl groups excluding tert-OH is 4. The molecule has 0 saturated carbocycles. The Morgan fingerprint density at radius 2 is 0.391 bits per heavy atom. The highest BCUT2D eigenvalue weighted by Gasteiger charge is 2.40. The first-order valence-electron chi connectivity index (χ1n) is 31.3. The second-order valence-corrected chi connectivity index (χ2v) is 23.1. The highest BCUT2D eigenvalue weighted by atomic mass is 19.4. The SMILES string of the molecule is CCCCC(CCCC(CCCCCCCCCCCCCCCCCCC(CCCC(CCCC)C(=O)[C@@H](N)C(C)O)C(=O)[C@@H](N)C(C)O)C(=O)[C@@H](N)C(C)O)C(=O)[C@@H](N)C(C)O.O=C(O)C(F)(F)F.O=C(O)C(F)(F)F.O=C(O)C(F)(F)F.O=C(O)C(F)(F)F. The summed E-state index contributed by atoms with van der Waals surface area (Å²) >= 11 is 0. The van der Waals surface area contributed by atoms with Crippen LogP contribution < -0.4 is 22.9 Å². The number of halogens is 12. The second kappa shape index (κ2) is 52.6. The van der Waals surface area contributed by atoms with E-state index in [1.54, 1.807) is 27.7 Å². The maximum Gasteiger partial charge on any atom is 0.490 e. The van der Waals surface area contributed by atoms with Crippen molar-refractivity contribution < 1.29 is 132 Å². The summed E-state index contributed by atoms with van der Waals surface area (Å²) in [6, 6.07) is -3.58. The molecule has 0 saturated heterocycles. The van der Waals surface area contributed by atoms with Crippen LogP contribution in [0.4, 0.5) is 52.7 Å². The van der Waals surface area contributed by atoms with Crippen LogP contribution in [0.25, 0.3) is 0 Å². The summed E-state index contributed by atoms with van der Waals surface area (Å²) in [5.41, 5.74) is 24.2. The summed E-state index contributed by atoms with van der Waals surface area (Å²) in [4.78, 5) is 87.9. The van der Waals surface area contributed by atoms with E-state index >= 15 is 0 Å². The van der Waals surface area contributed by atoms with Crippen molar-refractivity contribution in [1.82, 2.24) is 0 Å². The Hall–Kier alpha value is -4.60. The zero-order chi connectivity index (χ0) is 72.8. The van der Waals surface area contributed by atoms with Gasteiger partial charge in [0.25, 0.3) is 0 Å². The van der Waals surface area contributed by atoms with E-state index in [0.717, 1.165) is 89.9 Å². The molecule has 0 radical (unpaired) electrons. The van der Waals surface area contributed by atoms with Gasteiger partial charge < -0.3 is 63.8 Å². The van der Waals surface area contributed by atoms with Gasteiger partial charge in [0.15, 0.2) is 23.1 Å². The minimum absolute atomic E-state index is 0.0889. The molecule has 0 heterocycles. The molecule has 0 rings (SSSR count). The molecule has 92 heavy (non-hydrogen) atoms. The van der Waals surface area contributed by atoms with Crippen LogP contribution >= 0.6 is 0 Å². The van der Waals surface area contributed by atoms with E-state index in [4.69, 9.17) is 62.5 Å². The number of Topliss-reactive ketones (excluding diaryl/α,β-unsaturated/α-hetero) is 4. The van der Waals surface area contributed by atoms with E-state index in [0.29, 0.717) is 38.5 Å². The van der Waals surface area contributed by atoms with Gasteiger partial charge in [-0.15, -0.1) is 0 Å². The largest absolute Gasteiger partial charge is 0.490 e. The first kappa shape index (κ1) is 96.1. The summed E-state index contributed by atoms with van der Waals surface area (Å²) in [6.45, 7) is 10.4. The fourth-order valence-electron chi connectivity index (χ4n) is 9.13. The average molecular weight is 1370 g/mol. The van der Waals surface area contributed by atoms with Gasteiger partial charge >= 0.3 is 48.6 Å². The first-order valence-corrected chi connectivity index (χ1v) is 31.3. The molecule has 16 N–H and O–H groups in total. The van der Waals surface area contributed by atoms with Gasteiger partial charge in [-0.3, -0.25) is 19.2 Å².